The molecule has 1 aromatic carbocycles. The predicted molar refractivity (Wildman–Crippen MR) is 68.9 cm³/mol. The molecule has 21 heavy (non-hydrogen) atoms. The molecule has 1 atom stereocenters. The number of benzene rings is 1. The molecule has 0 radical (unpaired) electrons. The molecule has 0 saturated heterocycles. The van der Waals surface area contributed by atoms with E-state index < -0.39 is 41.6 Å². The summed E-state index contributed by atoms with van der Waals surface area (Å²) < 4.78 is 56.9. The van der Waals surface area contributed by atoms with Gasteiger partial charge in [-0.2, -0.15) is 13.2 Å². The number of ether oxygens (including phenoxy) is 1. The molecule has 0 aliphatic rings. The fourth-order valence-electron chi connectivity index (χ4n) is 1.75. The molecule has 1 unspecified atom stereocenters. The summed E-state index contributed by atoms with van der Waals surface area (Å²) in [6, 6.07) is 1.65. The highest BCUT2D eigenvalue weighted by Gasteiger charge is 2.37. The lowest BCUT2D eigenvalue weighted by Crippen LogP contribution is -2.39. The third-order valence-electron chi connectivity index (χ3n) is 2.53. The van der Waals surface area contributed by atoms with Crippen LogP contribution in [0.5, 0.6) is 0 Å². The van der Waals surface area contributed by atoms with Gasteiger partial charge in [0.15, 0.2) is 0 Å². The van der Waals surface area contributed by atoms with Crippen LogP contribution in [0.1, 0.15) is 31.9 Å². The Labute approximate surface area is 120 Å². The van der Waals surface area contributed by atoms with E-state index in [9.17, 15) is 22.4 Å². The van der Waals surface area contributed by atoms with Gasteiger partial charge in [-0.15, -0.1) is 0 Å². The molecule has 3 nitrogen and oxygen atoms in total. The van der Waals surface area contributed by atoms with Gasteiger partial charge in [0.2, 0.25) is 0 Å². The van der Waals surface area contributed by atoms with Gasteiger partial charge in [0.1, 0.15) is 17.5 Å². The van der Waals surface area contributed by atoms with Crippen LogP contribution in [-0.4, -0.2) is 17.6 Å². The molecular weight excluding hydrogens is 290 g/mol. The molecule has 7 heteroatoms. The van der Waals surface area contributed by atoms with Crippen LogP contribution in [0.4, 0.5) is 17.6 Å². The van der Waals surface area contributed by atoms with E-state index in [0.29, 0.717) is 6.07 Å². The fourth-order valence-corrected chi connectivity index (χ4v) is 1.75. The minimum Gasteiger partial charge on any atom is -0.459 e. The number of nitrogens with two attached hydrogens (primary N) is 1. The molecular formula is C14H17F4NO2. The van der Waals surface area contributed by atoms with Crippen LogP contribution in [0.15, 0.2) is 18.2 Å². The Morgan fingerprint density at radius 1 is 1.29 bits per heavy atom. The number of hydrogen-bond acceptors (Lipinski definition) is 3. The maximum atomic E-state index is 13.4. The Kier molecular flexibility index (Phi) is 4.99. The maximum Gasteiger partial charge on any atom is 0.419 e. The predicted octanol–water partition coefficient (Wildman–Crippen LogP) is 3.06. The van der Waals surface area contributed by atoms with Gasteiger partial charge in [0.25, 0.3) is 0 Å². The topological polar surface area (TPSA) is 52.3 Å². The zero-order chi connectivity index (χ0) is 16.4. The third kappa shape index (κ3) is 5.00. The Hall–Kier alpha value is -1.63. The molecule has 0 aliphatic heterocycles. The van der Waals surface area contributed by atoms with E-state index in [1.54, 1.807) is 20.8 Å². The van der Waals surface area contributed by atoms with Crippen LogP contribution in [0.2, 0.25) is 0 Å². The SMILES string of the molecule is CC(C)(C)OC(=O)C(N)Cc1cccc(F)c1C(F)(F)F. The first-order valence-electron chi connectivity index (χ1n) is 6.25. The van der Waals surface area contributed by atoms with E-state index in [0.717, 1.165) is 12.1 Å². The summed E-state index contributed by atoms with van der Waals surface area (Å²) in [5.74, 6) is -2.23. The summed E-state index contributed by atoms with van der Waals surface area (Å²) in [6.07, 6.45) is -5.31. The van der Waals surface area contributed by atoms with Gasteiger partial charge in [-0.25, -0.2) is 4.39 Å². The van der Waals surface area contributed by atoms with Gasteiger partial charge >= 0.3 is 12.1 Å². The lowest BCUT2D eigenvalue weighted by molar-refractivity contribution is -0.156. The van der Waals surface area contributed by atoms with Gasteiger partial charge in [0.05, 0.1) is 5.56 Å². The number of carbonyl (C=O) groups is 1. The largest absolute Gasteiger partial charge is 0.459 e. The van der Waals surface area contributed by atoms with Crippen LogP contribution >= 0.6 is 0 Å². The van der Waals surface area contributed by atoms with Crippen molar-refractivity contribution in [3.8, 4) is 0 Å². The van der Waals surface area contributed by atoms with E-state index in [4.69, 9.17) is 10.5 Å². The molecule has 118 valence electrons. The van der Waals surface area contributed by atoms with E-state index in [-0.39, 0.29) is 5.56 Å². The molecule has 0 bridgehead atoms. The van der Waals surface area contributed by atoms with E-state index in [1.165, 1.54) is 0 Å². The van der Waals surface area contributed by atoms with Crippen molar-refractivity contribution < 1.29 is 27.1 Å². The number of carbonyl (C=O) groups excluding carboxylic acids is 1. The molecule has 0 spiro atoms. The first-order chi connectivity index (χ1) is 9.42. The third-order valence-corrected chi connectivity index (χ3v) is 2.53. The molecule has 0 fully saturated rings. The normalized spacial score (nSPS) is 13.9. The van der Waals surface area contributed by atoms with Crippen LogP contribution in [0.25, 0.3) is 0 Å². The molecule has 0 aromatic heterocycles. The van der Waals surface area contributed by atoms with E-state index in [1.807, 2.05) is 0 Å². The van der Waals surface area contributed by atoms with Gasteiger partial charge in [-0.3, -0.25) is 4.79 Å². The summed E-state index contributed by atoms with van der Waals surface area (Å²) in [4.78, 5) is 11.7. The summed E-state index contributed by atoms with van der Waals surface area (Å²) >= 11 is 0. The maximum absolute atomic E-state index is 13.4. The van der Waals surface area contributed by atoms with Gasteiger partial charge in [-0.05, 0) is 38.8 Å². The Balaban J connectivity index is 2.99. The second-order valence-electron chi connectivity index (χ2n) is 5.62. The molecule has 2 N–H and O–H groups in total. The van der Waals surface area contributed by atoms with Crippen molar-refractivity contribution in [3.05, 3.63) is 35.1 Å². The highest BCUT2D eigenvalue weighted by atomic mass is 19.4. The van der Waals surface area contributed by atoms with Crippen molar-refractivity contribution >= 4 is 5.97 Å². The average molecular weight is 307 g/mol. The minimum atomic E-state index is -4.85. The molecule has 1 rings (SSSR count). The smallest absolute Gasteiger partial charge is 0.419 e. The van der Waals surface area contributed by atoms with Crippen molar-refractivity contribution in [2.24, 2.45) is 5.73 Å². The molecule has 0 heterocycles. The fraction of sp³-hybridized carbons (Fsp3) is 0.500. The lowest BCUT2D eigenvalue weighted by Gasteiger charge is -2.23. The van der Waals surface area contributed by atoms with Gasteiger partial charge in [0, 0.05) is 0 Å². The first kappa shape index (κ1) is 17.4. The van der Waals surface area contributed by atoms with Crippen molar-refractivity contribution in [3.63, 3.8) is 0 Å². The van der Waals surface area contributed by atoms with Crippen molar-refractivity contribution in [1.29, 1.82) is 0 Å². The molecule has 1 aromatic rings. The molecule has 0 aliphatic carbocycles. The molecule has 0 amide bonds. The van der Waals surface area contributed by atoms with Crippen LogP contribution < -0.4 is 5.73 Å². The van der Waals surface area contributed by atoms with Gasteiger partial charge in [-0.1, -0.05) is 12.1 Å². The number of rotatable bonds is 3. The quantitative estimate of drug-likeness (QED) is 0.690. The number of alkyl halides is 3. The van der Waals surface area contributed by atoms with Crippen LogP contribution in [-0.2, 0) is 22.1 Å². The summed E-state index contributed by atoms with van der Waals surface area (Å²) in [7, 11) is 0. The minimum absolute atomic E-state index is 0.374. The highest BCUT2D eigenvalue weighted by molar-refractivity contribution is 5.76. The van der Waals surface area contributed by atoms with E-state index >= 15 is 0 Å². The monoisotopic (exact) mass is 307 g/mol. The summed E-state index contributed by atoms with van der Waals surface area (Å²) in [5.41, 5.74) is 2.98. The van der Waals surface area contributed by atoms with Gasteiger partial charge < -0.3 is 10.5 Å². The lowest BCUT2D eigenvalue weighted by atomic mass is 9.99. The molecule has 0 saturated carbocycles. The number of hydrogen-bond donors (Lipinski definition) is 1. The van der Waals surface area contributed by atoms with Crippen LogP contribution in [0, 0.1) is 5.82 Å². The average Bonchev–Trinajstić information content (AvgIpc) is 2.24. The summed E-state index contributed by atoms with van der Waals surface area (Å²) in [6.45, 7) is 4.84. The number of halogens is 4. The Bertz CT molecular complexity index is 521. The summed E-state index contributed by atoms with van der Waals surface area (Å²) in [5, 5.41) is 0. The van der Waals surface area contributed by atoms with Crippen molar-refractivity contribution in [1.82, 2.24) is 0 Å². The zero-order valence-corrected chi connectivity index (χ0v) is 11.9. The van der Waals surface area contributed by atoms with E-state index in [2.05, 4.69) is 0 Å². The number of esters is 1. The second-order valence-corrected chi connectivity index (χ2v) is 5.62. The van der Waals surface area contributed by atoms with Crippen LogP contribution in [0.3, 0.4) is 0 Å². The highest BCUT2D eigenvalue weighted by Crippen LogP contribution is 2.34. The first-order valence-corrected chi connectivity index (χ1v) is 6.25. The van der Waals surface area contributed by atoms with Crippen molar-refractivity contribution in [2.45, 2.75) is 45.0 Å². The Morgan fingerprint density at radius 3 is 2.33 bits per heavy atom. The Morgan fingerprint density at radius 2 is 1.86 bits per heavy atom. The standard InChI is InChI=1S/C14H17F4NO2/c1-13(2,3)21-12(20)10(19)7-8-5-4-6-9(15)11(8)14(16,17)18/h4-6,10H,7,19H2,1-3H3. The zero-order valence-electron chi connectivity index (χ0n) is 11.9. The second kappa shape index (κ2) is 6.01. The van der Waals surface area contributed by atoms with Crippen molar-refractivity contribution in [2.75, 3.05) is 0 Å².